The number of amides is 2. The van der Waals surface area contributed by atoms with E-state index in [0.717, 1.165) is 16.9 Å². The van der Waals surface area contributed by atoms with E-state index in [2.05, 4.69) is 5.32 Å². The van der Waals surface area contributed by atoms with Gasteiger partial charge in [-0.05, 0) is 55.7 Å². The van der Waals surface area contributed by atoms with E-state index in [1.54, 1.807) is 17.0 Å². The lowest BCUT2D eigenvalue weighted by molar-refractivity contribution is -0.128. The molecule has 3 rings (SSSR count). The van der Waals surface area contributed by atoms with Gasteiger partial charge >= 0.3 is 0 Å². The zero-order chi connectivity index (χ0) is 20.1. The molecule has 1 atom stereocenters. The molecule has 6 heteroatoms. The molecule has 2 aromatic rings. The fraction of sp³-hybridized carbons (Fsp3) is 0.364. The highest BCUT2D eigenvalue weighted by atomic mass is 16.5. The number of carbonyl (C=O) groups excluding carboxylic acids is 2. The molecule has 1 heterocycles. The smallest absolute Gasteiger partial charge is 0.254 e. The molecule has 0 aliphatic carbocycles. The molecule has 0 spiro atoms. The van der Waals surface area contributed by atoms with Gasteiger partial charge in [0.2, 0.25) is 5.91 Å². The third kappa shape index (κ3) is 4.51. The number of hydrogen-bond donors (Lipinski definition) is 2. The van der Waals surface area contributed by atoms with Crippen molar-refractivity contribution in [2.45, 2.75) is 32.4 Å². The Morgan fingerprint density at radius 3 is 2.64 bits per heavy atom. The van der Waals surface area contributed by atoms with Crippen molar-refractivity contribution in [3.05, 3.63) is 54.1 Å². The minimum Gasteiger partial charge on any atom is -0.491 e. The number of aliphatic hydroxyl groups is 1. The van der Waals surface area contributed by atoms with E-state index in [1.165, 1.54) is 0 Å². The van der Waals surface area contributed by atoms with Crippen LogP contribution in [0.5, 0.6) is 5.75 Å². The number of rotatable bonds is 6. The normalized spacial score (nSPS) is 16.8. The molecule has 0 bridgehead atoms. The second kappa shape index (κ2) is 8.89. The van der Waals surface area contributed by atoms with Crippen molar-refractivity contribution in [1.29, 1.82) is 0 Å². The lowest BCUT2D eigenvalue weighted by atomic mass is 10.0. The summed E-state index contributed by atoms with van der Waals surface area (Å²) in [6, 6.07) is 14.5. The molecule has 2 aromatic carbocycles. The number of carbonyl (C=O) groups is 2. The Bertz CT molecular complexity index is 833. The van der Waals surface area contributed by atoms with E-state index >= 15 is 0 Å². The number of aliphatic hydroxyl groups excluding tert-OH is 1. The number of nitrogens with zero attached hydrogens (tertiary/aromatic N) is 1. The van der Waals surface area contributed by atoms with Crippen LogP contribution in [-0.2, 0) is 4.79 Å². The first-order chi connectivity index (χ1) is 13.5. The molecule has 2 amide bonds. The van der Waals surface area contributed by atoms with Crippen LogP contribution in [0.3, 0.4) is 0 Å². The van der Waals surface area contributed by atoms with Gasteiger partial charge in [0.1, 0.15) is 11.8 Å². The molecule has 0 unspecified atom stereocenters. The standard InChI is InChI=1S/C22H26N2O4/c1-15(2)28-19-5-3-4-18(14-19)16-6-8-17(9-7-16)22(27)24-12-11-23-21(26)20(24)10-13-25/h3-9,14-15,20,25H,10-13H2,1-2H3,(H,23,26)/t20-/m0/s1. The average Bonchev–Trinajstić information content (AvgIpc) is 2.69. The SMILES string of the molecule is CC(C)Oc1cccc(-c2ccc(C(=O)N3CCNC(=O)[C@@H]3CCO)cc2)c1. The van der Waals surface area contributed by atoms with Crippen molar-refractivity contribution in [3.63, 3.8) is 0 Å². The third-order valence-corrected chi connectivity index (χ3v) is 4.67. The van der Waals surface area contributed by atoms with E-state index in [1.807, 2.05) is 50.2 Å². The molecular weight excluding hydrogens is 356 g/mol. The molecular formula is C22H26N2O4. The molecule has 0 saturated carbocycles. The van der Waals surface area contributed by atoms with E-state index in [0.29, 0.717) is 18.7 Å². The highest BCUT2D eigenvalue weighted by Gasteiger charge is 2.32. The first-order valence-corrected chi connectivity index (χ1v) is 9.56. The van der Waals surface area contributed by atoms with Crippen LogP contribution in [0.4, 0.5) is 0 Å². The maximum absolute atomic E-state index is 12.9. The van der Waals surface area contributed by atoms with Crippen LogP contribution in [0.25, 0.3) is 11.1 Å². The summed E-state index contributed by atoms with van der Waals surface area (Å²) in [5.74, 6) is 0.391. The Kier molecular flexibility index (Phi) is 6.31. The zero-order valence-electron chi connectivity index (χ0n) is 16.2. The molecule has 1 fully saturated rings. The Hall–Kier alpha value is -2.86. The maximum atomic E-state index is 12.9. The lowest BCUT2D eigenvalue weighted by Gasteiger charge is -2.34. The minimum atomic E-state index is -0.629. The summed E-state index contributed by atoms with van der Waals surface area (Å²) >= 11 is 0. The summed E-state index contributed by atoms with van der Waals surface area (Å²) in [5, 5.41) is 12.0. The average molecular weight is 382 g/mol. The van der Waals surface area contributed by atoms with Crippen LogP contribution < -0.4 is 10.1 Å². The molecule has 0 radical (unpaired) electrons. The van der Waals surface area contributed by atoms with Crippen LogP contribution in [0.2, 0.25) is 0 Å². The first-order valence-electron chi connectivity index (χ1n) is 9.56. The highest BCUT2D eigenvalue weighted by Crippen LogP contribution is 2.25. The number of nitrogens with one attached hydrogen (secondary N) is 1. The van der Waals surface area contributed by atoms with Crippen molar-refractivity contribution in [2.24, 2.45) is 0 Å². The highest BCUT2D eigenvalue weighted by molar-refractivity contribution is 5.98. The topological polar surface area (TPSA) is 78.9 Å². The molecule has 6 nitrogen and oxygen atoms in total. The summed E-state index contributed by atoms with van der Waals surface area (Å²) < 4.78 is 5.74. The predicted molar refractivity (Wildman–Crippen MR) is 107 cm³/mol. The quantitative estimate of drug-likeness (QED) is 0.804. The first kappa shape index (κ1) is 19.9. The molecule has 1 aliphatic rings. The zero-order valence-corrected chi connectivity index (χ0v) is 16.2. The van der Waals surface area contributed by atoms with Gasteiger partial charge in [0.05, 0.1) is 6.10 Å². The van der Waals surface area contributed by atoms with Crippen molar-refractivity contribution >= 4 is 11.8 Å². The van der Waals surface area contributed by atoms with Gasteiger partial charge in [0.25, 0.3) is 5.91 Å². The van der Waals surface area contributed by atoms with Crippen LogP contribution in [0.15, 0.2) is 48.5 Å². The van der Waals surface area contributed by atoms with Gasteiger partial charge in [-0.25, -0.2) is 0 Å². The number of benzene rings is 2. The van der Waals surface area contributed by atoms with E-state index < -0.39 is 6.04 Å². The van der Waals surface area contributed by atoms with Gasteiger partial charge in [-0.2, -0.15) is 0 Å². The van der Waals surface area contributed by atoms with Crippen molar-refractivity contribution in [1.82, 2.24) is 10.2 Å². The van der Waals surface area contributed by atoms with E-state index in [4.69, 9.17) is 4.74 Å². The van der Waals surface area contributed by atoms with Gasteiger partial charge in [0, 0.05) is 25.3 Å². The summed E-state index contributed by atoms with van der Waals surface area (Å²) in [5.41, 5.74) is 2.51. The van der Waals surface area contributed by atoms with Crippen molar-refractivity contribution in [3.8, 4) is 16.9 Å². The summed E-state index contributed by atoms with van der Waals surface area (Å²) in [7, 11) is 0. The van der Waals surface area contributed by atoms with Crippen molar-refractivity contribution < 1.29 is 19.4 Å². The number of piperazine rings is 1. The monoisotopic (exact) mass is 382 g/mol. The second-order valence-corrected chi connectivity index (χ2v) is 7.09. The molecule has 1 saturated heterocycles. The van der Waals surface area contributed by atoms with E-state index in [-0.39, 0.29) is 30.9 Å². The predicted octanol–water partition coefficient (Wildman–Crippen LogP) is 2.46. The van der Waals surface area contributed by atoms with Gasteiger partial charge in [-0.15, -0.1) is 0 Å². The summed E-state index contributed by atoms with van der Waals surface area (Å²) in [6.07, 6.45) is 0.335. The number of ether oxygens (including phenoxy) is 1. The van der Waals surface area contributed by atoms with Crippen LogP contribution in [0.1, 0.15) is 30.6 Å². The van der Waals surface area contributed by atoms with E-state index in [9.17, 15) is 14.7 Å². The molecule has 2 N–H and O–H groups in total. The van der Waals surface area contributed by atoms with Crippen LogP contribution in [-0.4, -0.2) is 53.7 Å². The molecule has 0 aromatic heterocycles. The van der Waals surface area contributed by atoms with Gasteiger partial charge in [-0.1, -0.05) is 24.3 Å². The van der Waals surface area contributed by atoms with Gasteiger partial charge < -0.3 is 20.1 Å². The Labute approximate surface area is 165 Å². The molecule has 148 valence electrons. The number of hydrogen-bond acceptors (Lipinski definition) is 4. The van der Waals surface area contributed by atoms with Crippen LogP contribution >= 0.6 is 0 Å². The molecule has 28 heavy (non-hydrogen) atoms. The van der Waals surface area contributed by atoms with Gasteiger partial charge in [0.15, 0.2) is 0 Å². The minimum absolute atomic E-state index is 0.101. The Balaban J connectivity index is 1.78. The molecule has 1 aliphatic heterocycles. The van der Waals surface area contributed by atoms with Crippen LogP contribution in [0, 0.1) is 0 Å². The fourth-order valence-corrected chi connectivity index (χ4v) is 3.36. The van der Waals surface area contributed by atoms with Gasteiger partial charge in [-0.3, -0.25) is 9.59 Å². The summed E-state index contributed by atoms with van der Waals surface area (Å²) in [4.78, 5) is 26.5. The lowest BCUT2D eigenvalue weighted by Crippen LogP contribution is -2.57. The fourth-order valence-electron chi connectivity index (χ4n) is 3.36. The maximum Gasteiger partial charge on any atom is 0.254 e. The summed E-state index contributed by atoms with van der Waals surface area (Å²) in [6.45, 7) is 4.68. The Morgan fingerprint density at radius 1 is 1.21 bits per heavy atom. The second-order valence-electron chi connectivity index (χ2n) is 7.09. The van der Waals surface area contributed by atoms with Crippen molar-refractivity contribution in [2.75, 3.05) is 19.7 Å². The third-order valence-electron chi connectivity index (χ3n) is 4.67. The Morgan fingerprint density at radius 2 is 1.96 bits per heavy atom. The largest absolute Gasteiger partial charge is 0.491 e.